The van der Waals surface area contributed by atoms with Gasteiger partial charge in [-0.1, -0.05) is 30.3 Å². The first-order valence-electron chi connectivity index (χ1n) is 8.77. The highest BCUT2D eigenvalue weighted by Gasteiger charge is 2.15. The van der Waals surface area contributed by atoms with E-state index in [1.165, 1.54) is 0 Å². The Morgan fingerprint density at radius 1 is 1.12 bits per heavy atom. The fourth-order valence-corrected chi connectivity index (χ4v) is 3.03. The summed E-state index contributed by atoms with van der Waals surface area (Å²) < 4.78 is 7.79. The van der Waals surface area contributed by atoms with Crippen LogP contribution in [0.3, 0.4) is 0 Å². The molecule has 0 fully saturated rings. The minimum atomic E-state index is -0.693. The summed E-state index contributed by atoms with van der Waals surface area (Å²) in [6.45, 7) is 4.95. The minimum Gasteiger partial charge on any atom is -0.490 e. The third-order valence-electron chi connectivity index (χ3n) is 4.27. The summed E-state index contributed by atoms with van der Waals surface area (Å²) in [5, 5.41) is 22.7. The maximum absolute atomic E-state index is 10.5. The largest absolute Gasteiger partial charge is 0.490 e. The van der Waals surface area contributed by atoms with Gasteiger partial charge in [-0.2, -0.15) is 0 Å². The number of para-hydroxylation sites is 3. The number of hydrogen-bond acceptors (Lipinski definition) is 5. The fourth-order valence-electron chi connectivity index (χ4n) is 3.03. The zero-order valence-electron chi connectivity index (χ0n) is 15.1. The number of anilines is 1. The number of nitrogens with one attached hydrogen (secondary N) is 1. The van der Waals surface area contributed by atoms with Crippen LogP contribution < -0.4 is 10.1 Å². The minimum absolute atomic E-state index is 0.0153. The van der Waals surface area contributed by atoms with E-state index >= 15 is 0 Å². The highest BCUT2D eigenvalue weighted by molar-refractivity contribution is 5.78. The van der Waals surface area contributed by atoms with Crippen molar-refractivity contribution in [2.45, 2.75) is 26.5 Å². The molecule has 0 amide bonds. The molecular formula is C20H25N3O3. The van der Waals surface area contributed by atoms with Gasteiger partial charge in [-0.05, 0) is 37.1 Å². The molecule has 0 aliphatic heterocycles. The predicted molar refractivity (Wildman–Crippen MR) is 103 cm³/mol. The molecule has 2 aromatic carbocycles. The summed E-state index contributed by atoms with van der Waals surface area (Å²) in [6, 6.07) is 13.7. The third-order valence-corrected chi connectivity index (χ3v) is 4.27. The van der Waals surface area contributed by atoms with Crippen LogP contribution in [0.5, 0.6) is 5.75 Å². The Balaban J connectivity index is 1.75. The van der Waals surface area contributed by atoms with Gasteiger partial charge >= 0.3 is 0 Å². The Labute approximate surface area is 153 Å². The monoisotopic (exact) mass is 355 g/mol. The number of hydrogen-bond donors (Lipinski definition) is 3. The van der Waals surface area contributed by atoms with Crippen molar-refractivity contribution < 1.29 is 14.9 Å². The van der Waals surface area contributed by atoms with E-state index in [4.69, 9.17) is 9.84 Å². The van der Waals surface area contributed by atoms with E-state index in [-0.39, 0.29) is 13.2 Å². The van der Waals surface area contributed by atoms with Crippen LogP contribution in [0, 0.1) is 13.8 Å². The number of fused-ring (bicyclic) bond motifs is 1. The second kappa shape index (κ2) is 8.21. The first-order valence-corrected chi connectivity index (χ1v) is 8.77. The van der Waals surface area contributed by atoms with Crippen molar-refractivity contribution in [1.82, 2.24) is 9.55 Å². The van der Waals surface area contributed by atoms with Gasteiger partial charge in [0.2, 0.25) is 5.95 Å². The number of aryl methyl sites for hydroxylation is 2. The fraction of sp³-hybridized carbons (Fsp3) is 0.350. The van der Waals surface area contributed by atoms with Gasteiger partial charge < -0.3 is 24.8 Å². The molecule has 3 aromatic rings. The molecule has 0 saturated heterocycles. The molecule has 0 bridgehead atoms. The Morgan fingerprint density at radius 3 is 2.58 bits per heavy atom. The molecule has 3 N–H and O–H groups in total. The van der Waals surface area contributed by atoms with Crippen LogP contribution in [-0.2, 0) is 6.54 Å². The van der Waals surface area contributed by atoms with Crippen molar-refractivity contribution in [2.75, 3.05) is 25.1 Å². The molecule has 6 heteroatoms. The Hall–Kier alpha value is -2.57. The van der Waals surface area contributed by atoms with E-state index in [2.05, 4.69) is 10.3 Å². The standard InChI is InChI=1S/C20H25N3O3/c1-14-6-5-7-15(2)19(14)26-13-16(25)12-23-18-9-4-3-8-17(18)22-20(23)21-10-11-24/h3-9,16,24-25H,10-13H2,1-2H3,(H,21,22). The SMILES string of the molecule is Cc1cccc(C)c1OCC(O)Cn1c(NCCO)nc2ccccc21. The van der Waals surface area contributed by atoms with Gasteiger partial charge in [0, 0.05) is 6.54 Å². The van der Waals surface area contributed by atoms with Crippen molar-refractivity contribution in [2.24, 2.45) is 0 Å². The number of nitrogens with zero attached hydrogens (tertiary/aromatic N) is 2. The van der Waals surface area contributed by atoms with Gasteiger partial charge in [-0.3, -0.25) is 0 Å². The highest BCUT2D eigenvalue weighted by atomic mass is 16.5. The predicted octanol–water partition coefficient (Wildman–Crippen LogP) is 2.50. The quantitative estimate of drug-likeness (QED) is 0.579. The zero-order chi connectivity index (χ0) is 18.5. The average Bonchev–Trinajstić information content (AvgIpc) is 2.97. The summed E-state index contributed by atoms with van der Waals surface area (Å²) in [4.78, 5) is 4.54. The molecular weight excluding hydrogens is 330 g/mol. The molecule has 1 unspecified atom stereocenters. The van der Waals surface area contributed by atoms with Crippen molar-refractivity contribution >= 4 is 17.0 Å². The van der Waals surface area contributed by atoms with Crippen LogP contribution in [0.2, 0.25) is 0 Å². The number of imidazole rings is 1. The van der Waals surface area contributed by atoms with E-state index in [1.54, 1.807) is 0 Å². The molecule has 3 rings (SSSR count). The molecule has 0 aliphatic carbocycles. The van der Waals surface area contributed by atoms with Crippen LogP contribution in [0.15, 0.2) is 42.5 Å². The van der Waals surface area contributed by atoms with Crippen LogP contribution >= 0.6 is 0 Å². The number of aliphatic hydroxyl groups excluding tert-OH is 2. The number of aliphatic hydroxyl groups is 2. The van der Waals surface area contributed by atoms with Crippen molar-refractivity contribution in [3.63, 3.8) is 0 Å². The second-order valence-electron chi connectivity index (χ2n) is 6.37. The topological polar surface area (TPSA) is 79.5 Å². The van der Waals surface area contributed by atoms with E-state index < -0.39 is 6.10 Å². The summed E-state index contributed by atoms with van der Waals surface area (Å²) in [7, 11) is 0. The van der Waals surface area contributed by atoms with Gasteiger partial charge in [0.05, 0.1) is 24.2 Å². The van der Waals surface area contributed by atoms with Gasteiger partial charge in [0.1, 0.15) is 18.5 Å². The molecule has 0 radical (unpaired) electrons. The lowest BCUT2D eigenvalue weighted by atomic mass is 10.1. The molecule has 0 aliphatic rings. The molecule has 138 valence electrons. The Bertz CT molecular complexity index is 856. The Kier molecular flexibility index (Phi) is 5.75. The first kappa shape index (κ1) is 18.2. The van der Waals surface area contributed by atoms with Crippen LogP contribution in [0.1, 0.15) is 11.1 Å². The van der Waals surface area contributed by atoms with Crippen molar-refractivity contribution in [1.29, 1.82) is 0 Å². The van der Waals surface area contributed by atoms with E-state index in [0.29, 0.717) is 19.0 Å². The summed E-state index contributed by atoms with van der Waals surface area (Å²) in [5.41, 5.74) is 3.88. The zero-order valence-corrected chi connectivity index (χ0v) is 15.1. The lowest BCUT2D eigenvalue weighted by molar-refractivity contribution is 0.0932. The first-order chi connectivity index (χ1) is 12.6. The summed E-state index contributed by atoms with van der Waals surface area (Å²) in [6.07, 6.45) is -0.693. The molecule has 26 heavy (non-hydrogen) atoms. The van der Waals surface area contributed by atoms with Crippen molar-refractivity contribution in [3.8, 4) is 5.75 Å². The number of ether oxygens (including phenoxy) is 1. The smallest absolute Gasteiger partial charge is 0.204 e. The van der Waals surface area contributed by atoms with Crippen molar-refractivity contribution in [3.05, 3.63) is 53.6 Å². The number of aromatic nitrogens is 2. The van der Waals surface area contributed by atoms with Crippen LogP contribution in [0.25, 0.3) is 11.0 Å². The van der Waals surface area contributed by atoms with Crippen LogP contribution in [-0.4, -0.2) is 45.6 Å². The third kappa shape index (κ3) is 3.98. The maximum Gasteiger partial charge on any atom is 0.204 e. The van der Waals surface area contributed by atoms with E-state index in [0.717, 1.165) is 27.9 Å². The summed E-state index contributed by atoms with van der Waals surface area (Å²) >= 11 is 0. The van der Waals surface area contributed by atoms with Crippen LogP contribution in [0.4, 0.5) is 5.95 Å². The van der Waals surface area contributed by atoms with E-state index in [9.17, 15) is 5.11 Å². The summed E-state index contributed by atoms with van der Waals surface area (Å²) in [5.74, 6) is 1.45. The molecule has 1 atom stereocenters. The Morgan fingerprint density at radius 2 is 1.85 bits per heavy atom. The number of rotatable bonds is 8. The van der Waals surface area contributed by atoms with Gasteiger partial charge in [0.25, 0.3) is 0 Å². The average molecular weight is 355 g/mol. The lowest BCUT2D eigenvalue weighted by Crippen LogP contribution is -2.25. The van der Waals surface area contributed by atoms with Gasteiger partial charge in [-0.25, -0.2) is 4.98 Å². The molecule has 6 nitrogen and oxygen atoms in total. The normalized spacial score (nSPS) is 12.3. The lowest BCUT2D eigenvalue weighted by Gasteiger charge is -2.17. The highest BCUT2D eigenvalue weighted by Crippen LogP contribution is 2.23. The van der Waals surface area contributed by atoms with E-state index in [1.807, 2.05) is 60.9 Å². The molecule has 0 saturated carbocycles. The molecule has 1 aromatic heterocycles. The maximum atomic E-state index is 10.5. The van der Waals surface area contributed by atoms with Gasteiger partial charge in [0.15, 0.2) is 0 Å². The second-order valence-corrected chi connectivity index (χ2v) is 6.37. The molecule has 0 spiro atoms. The van der Waals surface area contributed by atoms with Gasteiger partial charge in [-0.15, -0.1) is 0 Å². The number of benzene rings is 2. The molecule has 1 heterocycles.